The van der Waals surface area contributed by atoms with E-state index in [-0.39, 0.29) is 5.91 Å². The van der Waals surface area contributed by atoms with Gasteiger partial charge in [0, 0.05) is 43.3 Å². The summed E-state index contributed by atoms with van der Waals surface area (Å²) in [6, 6.07) is 5.80. The number of aromatic nitrogens is 2. The number of fused-ring (bicyclic) bond motifs is 1. The molecule has 5 nitrogen and oxygen atoms in total. The summed E-state index contributed by atoms with van der Waals surface area (Å²) in [5.74, 6) is 0.144. The normalized spacial score (nSPS) is 14.1. The molecule has 2 aromatic rings. The largest absolute Gasteiger partial charge is 0.398 e. The van der Waals surface area contributed by atoms with E-state index in [4.69, 9.17) is 5.73 Å². The van der Waals surface area contributed by atoms with E-state index in [0.717, 1.165) is 36.3 Å². The van der Waals surface area contributed by atoms with E-state index >= 15 is 0 Å². The minimum Gasteiger partial charge on any atom is -0.398 e. The van der Waals surface area contributed by atoms with Gasteiger partial charge in [0.1, 0.15) is 0 Å². The lowest BCUT2D eigenvalue weighted by Gasteiger charge is -2.30. The molecule has 0 unspecified atom stereocenters. The maximum absolute atomic E-state index is 12.4. The Kier molecular flexibility index (Phi) is 3.41. The molecule has 0 aliphatic carbocycles. The van der Waals surface area contributed by atoms with Gasteiger partial charge in [0.25, 0.3) is 0 Å². The molecule has 104 valence electrons. The summed E-state index contributed by atoms with van der Waals surface area (Å²) in [4.78, 5) is 18.3. The molecule has 3 rings (SSSR count). The number of hydrogen-bond donors (Lipinski definition) is 1. The number of carbonyl (C=O) groups is 1. The van der Waals surface area contributed by atoms with Gasteiger partial charge in [-0.2, -0.15) is 0 Å². The Labute approximate surface area is 118 Å². The summed E-state index contributed by atoms with van der Waals surface area (Å²) < 4.78 is 1.92. The van der Waals surface area contributed by atoms with Crippen LogP contribution in [0.1, 0.15) is 18.4 Å². The molecule has 0 saturated carbocycles. The fourth-order valence-electron chi connectivity index (χ4n) is 2.69. The van der Waals surface area contributed by atoms with Crippen molar-refractivity contribution < 1.29 is 4.79 Å². The monoisotopic (exact) mass is 270 g/mol. The number of nitrogens with two attached hydrogens (primary N) is 1. The van der Waals surface area contributed by atoms with Crippen LogP contribution in [-0.4, -0.2) is 22.0 Å². The third-order valence-corrected chi connectivity index (χ3v) is 3.73. The molecule has 2 heterocycles. The van der Waals surface area contributed by atoms with Gasteiger partial charge < -0.3 is 15.2 Å². The van der Waals surface area contributed by atoms with Crippen molar-refractivity contribution in [3.8, 4) is 0 Å². The average molecular weight is 270 g/mol. The van der Waals surface area contributed by atoms with Gasteiger partial charge in [0.2, 0.25) is 5.91 Å². The van der Waals surface area contributed by atoms with E-state index in [0.29, 0.717) is 13.0 Å². The van der Waals surface area contributed by atoms with Crippen molar-refractivity contribution in [3.63, 3.8) is 0 Å². The topological polar surface area (TPSA) is 64.2 Å². The van der Waals surface area contributed by atoms with Crippen LogP contribution in [0.2, 0.25) is 0 Å². The lowest BCUT2D eigenvalue weighted by atomic mass is 9.99. The van der Waals surface area contributed by atoms with E-state index in [2.05, 4.69) is 4.98 Å². The van der Waals surface area contributed by atoms with E-state index < -0.39 is 0 Å². The fraction of sp³-hybridized carbons (Fsp3) is 0.333. The molecule has 0 bridgehead atoms. The summed E-state index contributed by atoms with van der Waals surface area (Å²) in [6.07, 6.45) is 7.72. The summed E-state index contributed by atoms with van der Waals surface area (Å²) >= 11 is 0. The van der Waals surface area contributed by atoms with Crippen LogP contribution in [-0.2, 0) is 17.8 Å². The first-order chi connectivity index (χ1) is 9.75. The van der Waals surface area contributed by atoms with Gasteiger partial charge >= 0.3 is 0 Å². The van der Waals surface area contributed by atoms with Gasteiger partial charge in [-0.05, 0) is 30.5 Å². The van der Waals surface area contributed by atoms with Crippen LogP contribution in [0.25, 0.3) is 0 Å². The van der Waals surface area contributed by atoms with E-state index in [1.54, 1.807) is 12.5 Å². The number of hydrogen-bond acceptors (Lipinski definition) is 3. The second-order valence-corrected chi connectivity index (χ2v) is 5.04. The highest BCUT2D eigenvalue weighted by Gasteiger charge is 2.23. The number of nitrogens with zero attached hydrogens (tertiary/aromatic N) is 3. The predicted molar refractivity (Wildman–Crippen MR) is 78.4 cm³/mol. The first-order valence-electron chi connectivity index (χ1n) is 6.89. The zero-order valence-electron chi connectivity index (χ0n) is 11.3. The number of benzene rings is 1. The van der Waals surface area contributed by atoms with Crippen LogP contribution in [0.15, 0.2) is 36.9 Å². The Bertz CT molecular complexity index is 606. The molecule has 20 heavy (non-hydrogen) atoms. The van der Waals surface area contributed by atoms with Crippen molar-refractivity contribution in [3.05, 3.63) is 42.5 Å². The Morgan fingerprint density at radius 3 is 3.10 bits per heavy atom. The molecular formula is C15H18N4O. The number of aryl methyl sites for hydroxylation is 1. The highest BCUT2D eigenvalue weighted by atomic mass is 16.2. The summed E-state index contributed by atoms with van der Waals surface area (Å²) in [6.45, 7) is 1.44. The Hall–Kier alpha value is -2.30. The van der Waals surface area contributed by atoms with Crippen LogP contribution in [0.5, 0.6) is 0 Å². The number of imidazole rings is 1. The number of amides is 1. The highest BCUT2D eigenvalue weighted by molar-refractivity contribution is 5.95. The minimum atomic E-state index is 0.144. The van der Waals surface area contributed by atoms with Crippen molar-refractivity contribution >= 4 is 17.3 Å². The molecule has 2 N–H and O–H groups in total. The van der Waals surface area contributed by atoms with Crippen molar-refractivity contribution in [2.75, 3.05) is 17.2 Å². The number of nitrogen functional groups attached to an aromatic ring is 1. The predicted octanol–water partition coefficient (Wildman–Crippen LogP) is 1.83. The van der Waals surface area contributed by atoms with Gasteiger partial charge in [-0.1, -0.05) is 6.07 Å². The van der Waals surface area contributed by atoms with Gasteiger partial charge in [-0.25, -0.2) is 4.98 Å². The number of carbonyl (C=O) groups excluding carboxylic acids is 1. The number of rotatable bonds is 3. The SMILES string of the molecule is Nc1cccc2c1CCCN2C(=O)CCn1ccnc1. The van der Waals surface area contributed by atoms with Crippen LogP contribution in [0.3, 0.4) is 0 Å². The fourth-order valence-corrected chi connectivity index (χ4v) is 2.69. The Balaban J connectivity index is 1.75. The minimum absolute atomic E-state index is 0.144. The molecular weight excluding hydrogens is 252 g/mol. The van der Waals surface area contributed by atoms with Crippen molar-refractivity contribution in [2.24, 2.45) is 0 Å². The highest BCUT2D eigenvalue weighted by Crippen LogP contribution is 2.31. The van der Waals surface area contributed by atoms with Crippen LogP contribution in [0, 0.1) is 0 Å². The van der Waals surface area contributed by atoms with Crippen molar-refractivity contribution in [1.29, 1.82) is 0 Å². The van der Waals surface area contributed by atoms with Crippen LogP contribution >= 0.6 is 0 Å². The maximum atomic E-state index is 12.4. The summed E-state index contributed by atoms with van der Waals surface area (Å²) in [5.41, 5.74) is 8.88. The van der Waals surface area contributed by atoms with Gasteiger partial charge in [0.05, 0.1) is 6.33 Å². The smallest absolute Gasteiger partial charge is 0.228 e. The van der Waals surface area contributed by atoms with Gasteiger partial charge in [0.15, 0.2) is 0 Å². The second kappa shape index (κ2) is 5.36. The lowest BCUT2D eigenvalue weighted by molar-refractivity contribution is -0.118. The molecule has 0 spiro atoms. The second-order valence-electron chi connectivity index (χ2n) is 5.04. The zero-order valence-corrected chi connectivity index (χ0v) is 11.3. The van der Waals surface area contributed by atoms with Crippen molar-refractivity contribution in [2.45, 2.75) is 25.8 Å². The molecule has 1 aliphatic heterocycles. The van der Waals surface area contributed by atoms with Gasteiger partial charge in [-0.3, -0.25) is 4.79 Å². The van der Waals surface area contributed by atoms with E-state index in [1.807, 2.05) is 33.9 Å². The first-order valence-corrected chi connectivity index (χ1v) is 6.89. The van der Waals surface area contributed by atoms with Crippen molar-refractivity contribution in [1.82, 2.24) is 9.55 Å². The molecule has 5 heteroatoms. The number of anilines is 2. The quantitative estimate of drug-likeness (QED) is 0.865. The third kappa shape index (κ3) is 2.39. The molecule has 0 radical (unpaired) electrons. The van der Waals surface area contributed by atoms with Gasteiger partial charge in [-0.15, -0.1) is 0 Å². The third-order valence-electron chi connectivity index (χ3n) is 3.73. The zero-order chi connectivity index (χ0) is 13.9. The van der Waals surface area contributed by atoms with E-state index in [1.165, 1.54) is 0 Å². The molecule has 1 aromatic carbocycles. The first kappa shape index (κ1) is 12.7. The van der Waals surface area contributed by atoms with E-state index in [9.17, 15) is 4.79 Å². The summed E-state index contributed by atoms with van der Waals surface area (Å²) in [5, 5.41) is 0. The lowest BCUT2D eigenvalue weighted by Crippen LogP contribution is -2.36. The Morgan fingerprint density at radius 1 is 1.40 bits per heavy atom. The van der Waals surface area contributed by atoms with Crippen LogP contribution < -0.4 is 10.6 Å². The summed E-state index contributed by atoms with van der Waals surface area (Å²) in [7, 11) is 0. The molecule has 0 saturated heterocycles. The Morgan fingerprint density at radius 2 is 2.30 bits per heavy atom. The maximum Gasteiger partial charge on any atom is 0.228 e. The molecule has 1 aromatic heterocycles. The van der Waals surface area contributed by atoms with Crippen LogP contribution in [0.4, 0.5) is 11.4 Å². The molecule has 0 atom stereocenters. The standard InChI is InChI=1S/C15H18N4O/c16-13-4-1-5-14-12(13)3-2-8-19(14)15(20)6-9-18-10-7-17-11-18/h1,4-5,7,10-11H,2-3,6,8-9,16H2. The average Bonchev–Trinajstić information content (AvgIpc) is 2.98. The molecule has 1 aliphatic rings. The molecule has 1 amide bonds. The molecule has 0 fully saturated rings.